The molecule has 14 heavy (non-hydrogen) atoms. The van der Waals surface area contributed by atoms with Crippen molar-refractivity contribution in [3.63, 3.8) is 0 Å². The van der Waals surface area contributed by atoms with Crippen molar-refractivity contribution >= 4 is 17.8 Å². The third-order valence-corrected chi connectivity index (χ3v) is 2.99. The predicted octanol–water partition coefficient (Wildman–Crippen LogP) is 2.99. The number of aliphatic imine (C=N–C) groups is 1. The minimum atomic E-state index is 0.304. The van der Waals surface area contributed by atoms with E-state index in [1.807, 2.05) is 6.21 Å². The van der Waals surface area contributed by atoms with Crippen LogP contribution in [0.5, 0.6) is 0 Å². The Hall–Kier alpha value is -0.0800. The zero-order valence-electron chi connectivity index (χ0n) is 9.66. The van der Waals surface area contributed by atoms with E-state index in [4.69, 9.17) is 16.3 Å². The molecule has 0 aliphatic carbocycles. The highest BCUT2D eigenvalue weighted by Crippen LogP contribution is 2.09. The molecule has 0 fully saturated rings. The van der Waals surface area contributed by atoms with E-state index < -0.39 is 0 Å². The second kappa shape index (κ2) is 8.25. The maximum absolute atomic E-state index is 5.76. The van der Waals surface area contributed by atoms with Crippen molar-refractivity contribution < 1.29 is 4.74 Å². The molecule has 0 aromatic heterocycles. The molecular formula is C11H22ClNO. The van der Waals surface area contributed by atoms with Crippen molar-refractivity contribution in [1.29, 1.82) is 0 Å². The number of ether oxygens (including phenoxy) is 1. The molecule has 84 valence electrons. The Kier molecular flexibility index (Phi) is 8.20. The van der Waals surface area contributed by atoms with Gasteiger partial charge in [0.25, 0.3) is 0 Å². The van der Waals surface area contributed by atoms with E-state index in [0.717, 1.165) is 13.0 Å². The van der Waals surface area contributed by atoms with Crippen LogP contribution in [-0.2, 0) is 4.74 Å². The fourth-order valence-electron chi connectivity index (χ4n) is 1.01. The number of nitrogens with zero attached hydrogens (tertiary/aromatic N) is 1. The molecule has 0 amide bonds. The summed E-state index contributed by atoms with van der Waals surface area (Å²) in [6, 6.07) is 0.304. The summed E-state index contributed by atoms with van der Waals surface area (Å²) in [5.41, 5.74) is 0. The zero-order chi connectivity index (χ0) is 11.0. The highest BCUT2D eigenvalue weighted by molar-refractivity contribution is 6.18. The van der Waals surface area contributed by atoms with Crippen molar-refractivity contribution in [2.45, 2.75) is 33.2 Å². The summed E-state index contributed by atoms with van der Waals surface area (Å²) in [6.45, 7) is 7.11. The topological polar surface area (TPSA) is 21.6 Å². The first-order valence-electron chi connectivity index (χ1n) is 5.23. The number of alkyl halides is 1. The number of rotatable bonds is 7. The molecule has 0 heterocycles. The van der Waals surface area contributed by atoms with Gasteiger partial charge in [-0.25, -0.2) is 0 Å². The van der Waals surface area contributed by atoms with Crippen molar-refractivity contribution in [3.8, 4) is 0 Å². The largest absolute Gasteiger partial charge is 0.384 e. The Balaban J connectivity index is 3.98. The van der Waals surface area contributed by atoms with Gasteiger partial charge in [-0.05, 0) is 19.3 Å². The second-order valence-corrected chi connectivity index (χ2v) is 4.10. The van der Waals surface area contributed by atoms with Gasteiger partial charge < -0.3 is 4.74 Å². The molecule has 0 saturated heterocycles. The number of hydrogen-bond donors (Lipinski definition) is 0. The summed E-state index contributed by atoms with van der Waals surface area (Å²) in [4.78, 5) is 4.50. The first kappa shape index (κ1) is 13.9. The van der Waals surface area contributed by atoms with Gasteiger partial charge in [-0.2, -0.15) is 0 Å². The van der Waals surface area contributed by atoms with Crippen molar-refractivity contribution in [1.82, 2.24) is 0 Å². The maximum atomic E-state index is 5.76. The van der Waals surface area contributed by atoms with Gasteiger partial charge in [0.2, 0.25) is 0 Å². The molecule has 0 aliphatic rings. The van der Waals surface area contributed by atoms with Crippen LogP contribution in [0.4, 0.5) is 0 Å². The van der Waals surface area contributed by atoms with Gasteiger partial charge in [0.15, 0.2) is 0 Å². The van der Waals surface area contributed by atoms with Gasteiger partial charge >= 0.3 is 0 Å². The second-order valence-electron chi connectivity index (χ2n) is 3.79. The van der Waals surface area contributed by atoms with Gasteiger partial charge in [-0.15, -0.1) is 11.6 Å². The lowest BCUT2D eigenvalue weighted by molar-refractivity contribution is 0.176. The minimum absolute atomic E-state index is 0.304. The molecule has 2 nitrogen and oxygen atoms in total. The molecule has 0 radical (unpaired) electrons. The maximum Gasteiger partial charge on any atom is 0.0539 e. The number of halogens is 1. The Bertz CT molecular complexity index is 157. The molecule has 3 atom stereocenters. The molecule has 1 unspecified atom stereocenters. The Morgan fingerprint density at radius 1 is 1.43 bits per heavy atom. The van der Waals surface area contributed by atoms with E-state index in [-0.39, 0.29) is 0 Å². The first-order chi connectivity index (χ1) is 6.65. The SMILES string of the molecule is CCC(C=N[C@H](C)[C@H](C)CCl)COC. The summed E-state index contributed by atoms with van der Waals surface area (Å²) in [5, 5.41) is 0. The van der Waals surface area contributed by atoms with Crippen molar-refractivity contribution in [2.75, 3.05) is 19.6 Å². The Morgan fingerprint density at radius 3 is 2.50 bits per heavy atom. The summed E-state index contributed by atoms with van der Waals surface area (Å²) in [7, 11) is 1.72. The fourth-order valence-corrected chi connectivity index (χ4v) is 1.27. The van der Waals surface area contributed by atoms with Gasteiger partial charge in [-0.3, -0.25) is 4.99 Å². The van der Waals surface area contributed by atoms with Crippen LogP contribution in [0, 0.1) is 11.8 Å². The van der Waals surface area contributed by atoms with Gasteiger partial charge in [0.05, 0.1) is 12.6 Å². The normalized spacial score (nSPS) is 18.4. The van der Waals surface area contributed by atoms with Gasteiger partial charge in [0, 0.05) is 25.1 Å². The lowest BCUT2D eigenvalue weighted by atomic mass is 10.1. The minimum Gasteiger partial charge on any atom is -0.384 e. The van der Waals surface area contributed by atoms with E-state index in [2.05, 4.69) is 25.8 Å². The van der Waals surface area contributed by atoms with Crippen LogP contribution in [0.15, 0.2) is 4.99 Å². The number of methoxy groups -OCH3 is 1. The zero-order valence-corrected chi connectivity index (χ0v) is 10.4. The van der Waals surface area contributed by atoms with Gasteiger partial charge in [0.1, 0.15) is 0 Å². The smallest absolute Gasteiger partial charge is 0.0539 e. The highest BCUT2D eigenvalue weighted by Gasteiger charge is 2.09. The quantitative estimate of drug-likeness (QED) is 0.477. The van der Waals surface area contributed by atoms with E-state index in [9.17, 15) is 0 Å². The summed E-state index contributed by atoms with van der Waals surface area (Å²) >= 11 is 5.76. The third kappa shape index (κ3) is 5.61. The summed E-state index contributed by atoms with van der Waals surface area (Å²) < 4.78 is 5.10. The standard InChI is InChI=1S/C11H22ClNO/c1-5-11(8-14-4)7-13-10(3)9(2)6-12/h7,9-11H,5-6,8H2,1-4H3/t9-,10-,11?/m1/s1. The molecule has 0 bridgehead atoms. The molecule has 0 aromatic carbocycles. The lowest BCUT2D eigenvalue weighted by Crippen LogP contribution is -2.16. The summed E-state index contributed by atoms with van der Waals surface area (Å²) in [5.74, 6) is 1.54. The molecule has 0 rings (SSSR count). The molecule has 0 saturated carbocycles. The van der Waals surface area contributed by atoms with Crippen LogP contribution < -0.4 is 0 Å². The number of hydrogen-bond acceptors (Lipinski definition) is 2. The van der Waals surface area contributed by atoms with Crippen LogP contribution in [0.25, 0.3) is 0 Å². The average Bonchev–Trinajstić information content (AvgIpc) is 2.22. The van der Waals surface area contributed by atoms with E-state index in [1.165, 1.54) is 0 Å². The molecule has 3 heteroatoms. The van der Waals surface area contributed by atoms with E-state index in [0.29, 0.717) is 23.8 Å². The molecule has 0 aromatic rings. The molecule has 0 spiro atoms. The molecule has 0 aliphatic heterocycles. The van der Waals surface area contributed by atoms with Crippen LogP contribution in [0.3, 0.4) is 0 Å². The summed E-state index contributed by atoms with van der Waals surface area (Å²) in [6.07, 6.45) is 3.08. The third-order valence-electron chi connectivity index (χ3n) is 2.50. The van der Waals surface area contributed by atoms with E-state index in [1.54, 1.807) is 7.11 Å². The Morgan fingerprint density at radius 2 is 2.07 bits per heavy atom. The van der Waals surface area contributed by atoms with E-state index >= 15 is 0 Å². The van der Waals surface area contributed by atoms with Crippen molar-refractivity contribution in [2.24, 2.45) is 16.8 Å². The Labute approximate surface area is 92.7 Å². The van der Waals surface area contributed by atoms with Crippen LogP contribution in [0.2, 0.25) is 0 Å². The van der Waals surface area contributed by atoms with Gasteiger partial charge in [-0.1, -0.05) is 13.8 Å². The lowest BCUT2D eigenvalue weighted by Gasteiger charge is -2.14. The monoisotopic (exact) mass is 219 g/mol. The van der Waals surface area contributed by atoms with Crippen LogP contribution in [-0.4, -0.2) is 31.9 Å². The van der Waals surface area contributed by atoms with Crippen molar-refractivity contribution in [3.05, 3.63) is 0 Å². The fraction of sp³-hybridized carbons (Fsp3) is 0.909. The highest BCUT2D eigenvalue weighted by atomic mass is 35.5. The molecule has 0 N–H and O–H groups in total. The average molecular weight is 220 g/mol. The van der Waals surface area contributed by atoms with Crippen LogP contribution in [0.1, 0.15) is 27.2 Å². The first-order valence-corrected chi connectivity index (χ1v) is 5.77. The molecular weight excluding hydrogens is 198 g/mol. The predicted molar refractivity (Wildman–Crippen MR) is 63.5 cm³/mol. The van der Waals surface area contributed by atoms with Crippen LogP contribution >= 0.6 is 11.6 Å².